The van der Waals surface area contributed by atoms with E-state index in [0.29, 0.717) is 11.5 Å². The van der Waals surface area contributed by atoms with E-state index in [-0.39, 0.29) is 0 Å². The van der Waals surface area contributed by atoms with Gasteiger partial charge in [-0.15, -0.1) is 0 Å². The SMILES string of the molecule is CCO[C@@H]1C[C@@H](NC2CCN(C)CC2)C12CCC2. The van der Waals surface area contributed by atoms with Crippen molar-refractivity contribution in [3.63, 3.8) is 0 Å². The Balaban J connectivity index is 1.52. The molecule has 3 aliphatic rings. The van der Waals surface area contributed by atoms with Gasteiger partial charge in [-0.1, -0.05) is 6.42 Å². The van der Waals surface area contributed by atoms with E-state index in [2.05, 4.69) is 24.2 Å². The summed E-state index contributed by atoms with van der Waals surface area (Å²) in [7, 11) is 2.23. The normalized spacial score (nSPS) is 36.3. The minimum Gasteiger partial charge on any atom is -0.378 e. The number of likely N-dealkylation sites (tertiary alicyclic amines) is 1. The van der Waals surface area contributed by atoms with E-state index in [1.54, 1.807) is 0 Å². The Morgan fingerprint density at radius 3 is 2.56 bits per heavy atom. The van der Waals surface area contributed by atoms with Crippen molar-refractivity contribution < 1.29 is 4.74 Å². The summed E-state index contributed by atoms with van der Waals surface area (Å²) in [5.74, 6) is 0. The Bertz CT molecular complexity index is 282. The van der Waals surface area contributed by atoms with Crippen LogP contribution in [0, 0.1) is 5.41 Å². The Labute approximate surface area is 111 Å². The maximum Gasteiger partial charge on any atom is 0.0661 e. The lowest BCUT2D eigenvalue weighted by molar-refractivity contribution is -0.175. The van der Waals surface area contributed by atoms with Gasteiger partial charge in [0.2, 0.25) is 0 Å². The average molecular weight is 252 g/mol. The molecule has 2 atom stereocenters. The van der Waals surface area contributed by atoms with Crippen LogP contribution in [0.2, 0.25) is 0 Å². The third kappa shape index (κ3) is 2.10. The van der Waals surface area contributed by atoms with Crippen molar-refractivity contribution in [2.24, 2.45) is 5.41 Å². The second kappa shape index (κ2) is 5.10. The summed E-state index contributed by atoms with van der Waals surface area (Å²) >= 11 is 0. The molecule has 18 heavy (non-hydrogen) atoms. The zero-order valence-corrected chi connectivity index (χ0v) is 12.0. The second-order valence-corrected chi connectivity index (χ2v) is 6.56. The van der Waals surface area contributed by atoms with Crippen LogP contribution < -0.4 is 5.32 Å². The molecule has 0 aromatic rings. The number of piperidine rings is 1. The molecule has 3 nitrogen and oxygen atoms in total. The molecule has 104 valence electrons. The van der Waals surface area contributed by atoms with Crippen LogP contribution in [-0.4, -0.2) is 49.8 Å². The number of rotatable bonds is 4. The summed E-state index contributed by atoms with van der Waals surface area (Å²) in [5.41, 5.74) is 0.527. The Kier molecular flexibility index (Phi) is 3.65. The van der Waals surface area contributed by atoms with Gasteiger partial charge >= 0.3 is 0 Å². The maximum absolute atomic E-state index is 5.92. The molecule has 1 heterocycles. The van der Waals surface area contributed by atoms with Crippen LogP contribution in [0.5, 0.6) is 0 Å². The highest BCUT2D eigenvalue weighted by Gasteiger charge is 2.58. The van der Waals surface area contributed by atoms with E-state index in [9.17, 15) is 0 Å². The first-order valence-electron chi connectivity index (χ1n) is 7.81. The fourth-order valence-corrected chi connectivity index (χ4v) is 4.13. The molecule has 0 aromatic carbocycles. The molecule has 3 fully saturated rings. The van der Waals surface area contributed by atoms with E-state index in [1.807, 2.05) is 0 Å². The molecule has 1 N–H and O–H groups in total. The monoisotopic (exact) mass is 252 g/mol. The number of hydrogen-bond acceptors (Lipinski definition) is 3. The van der Waals surface area contributed by atoms with Gasteiger partial charge in [0, 0.05) is 24.1 Å². The lowest BCUT2D eigenvalue weighted by Crippen LogP contribution is -2.68. The molecule has 3 rings (SSSR count). The fourth-order valence-electron chi connectivity index (χ4n) is 4.13. The van der Waals surface area contributed by atoms with Gasteiger partial charge in [-0.2, -0.15) is 0 Å². The highest BCUT2D eigenvalue weighted by atomic mass is 16.5. The van der Waals surface area contributed by atoms with Crippen LogP contribution in [0.25, 0.3) is 0 Å². The molecule has 3 heteroatoms. The van der Waals surface area contributed by atoms with Crippen LogP contribution in [-0.2, 0) is 4.74 Å². The molecule has 2 saturated carbocycles. The summed E-state index contributed by atoms with van der Waals surface area (Å²) in [6, 6.07) is 1.50. The highest BCUT2D eigenvalue weighted by molar-refractivity contribution is 5.12. The summed E-state index contributed by atoms with van der Waals surface area (Å²) < 4.78 is 5.92. The molecule has 1 aliphatic heterocycles. The van der Waals surface area contributed by atoms with Crippen LogP contribution in [0.3, 0.4) is 0 Å². The van der Waals surface area contributed by atoms with E-state index in [4.69, 9.17) is 4.74 Å². The lowest BCUT2D eigenvalue weighted by atomic mass is 9.51. The Morgan fingerprint density at radius 2 is 2.00 bits per heavy atom. The number of nitrogens with one attached hydrogen (secondary N) is 1. The molecular formula is C15H28N2O. The van der Waals surface area contributed by atoms with Gasteiger partial charge in [-0.05, 0) is 59.2 Å². The quantitative estimate of drug-likeness (QED) is 0.828. The topological polar surface area (TPSA) is 24.5 Å². The first kappa shape index (κ1) is 12.9. The third-order valence-electron chi connectivity index (χ3n) is 5.59. The van der Waals surface area contributed by atoms with Gasteiger partial charge in [-0.3, -0.25) is 0 Å². The van der Waals surface area contributed by atoms with Crippen molar-refractivity contribution in [1.82, 2.24) is 10.2 Å². The van der Waals surface area contributed by atoms with E-state index < -0.39 is 0 Å². The molecule has 0 amide bonds. The van der Waals surface area contributed by atoms with Gasteiger partial charge in [-0.25, -0.2) is 0 Å². The van der Waals surface area contributed by atoms with Gasteiger partial charge in [0.25, 0.3) is 0 Å². The van der Waals surface area contributed by atoms with Crippen LogP contribution in [0.15, 0.2) is 0 Å². The molecule has 1 saturated heterocycles. The fraction of sp³-hybridized carbons (Fsp3) is 1.00. The molecule has 0 radical (unpaired) electrons. The number of nitrogens with zero attached hydrogens (tertiary/aromatic N) is 1. The van der Waals surface area contributed by atoms with Gasteiger partial charge < -0.3 is 15.0 Å². The van der Waals surface area contributed by atoms with E-state index in [0.717, 1.165) is 18.7 Å². The minimum atomic E-state index is 0.527. The summed E-state index contributed by atoms with van der Waals surface area (Å²) in [4.78, 5) is 2.45. The van der Waals surface area contributed by atoms with Crippen molar-refractivity contribution in [1.29, 1.82) is 0 Å². The van der Waals surface area contributed by atoms with Crippen molar-refractivity contribution in [2.45, 2.75) is 63.6 Å². The first-order valence-corrected chi connectivity index (χ1v) is 7.81. The maximum atomic E-state index is 5.92. The molecule has 0 aromatic heterocycles. The van der Waals surface area contributed by atoms with Crippen molar-refractivity contribution in [3.8, 4) is 0 Å². The molecule has 1 spiro atoms. The highest BCUT2D eigenvalue weighted by Crippen LogP contribution is 2.57. The predicted molar refractivity (Wildman–Crippen MR) is 73.8 cm³/mol. The third-order valence-corrected chi connectivity index (χ3v) is 5.59. The first-order chi connectivity index (χ1) is 8.74. The molecule has 0 unspecified atom stereocenters. The Hall–Kier alpha value is -0.120. The zero-order valence-electron chi connectivity index (χ0n) is 12.0. The van der Waals surface area contributed by atoms with E-state index in [1.165, 1.54) is 51.6 Å². The van der Waals surface area contributed by atoms with Crippen molar-refractivity contribution in [2.75, 3.05) is 26.7 Å². The number of hydrogen-bond donors (Lipinski definition) is 1. The minimum absolute atomic E-state index is 0.527. The van der Waals surface area contributed by atoms with Crippen LogP contribution in [0.1, 0.15) is 45.4 Å². The smallest absolute Gasteiger partial charge is 0.0661 e. The van der Waals surface area contributed by atoms with Crippen LogP contribution >= 0.6 is 0 Å². The molecule has 0 bridgehead atoms. The second-order valence-electron chi connectivity index (χ2n) is 6.56. The summed E-state index contributed by atoms with van der Waals surface area (Å²) in [6.07, 6.45) is 8.64. The van der Waals surface area contributed by atoms with Gasteiger partial charge in [0.05, 0.1) is 6.10 Å². The Morgan fingerprint density at radius 1 is 1.28 bits per heavy atom. The molecular weight excluding hydrogens is 224 g/mol. The van der Waals surface area contributed by atoms with Crippen molar-refractivity contribution in [3.05, 3.63) is 0 Å². The average Bonchev–Trinajstić information content (AvgIpc) is 2.28. The predicted octanol–water partition coefficient (Wildman–Crippen LogP) is 2.02. The lowest BCUT2D eigenvalue weighted by Gasteiger charge is -2.62. The largest absolute Gasteiger partial charge is 0.378 e. The van der Waals surface area contributed by atoms with Crippen molar-refractivity contribution >= 4 is 0 Å². The van der Waals surface area contributed by atoms with E-state index >= 15 is 0 Å². The van der Waals surface area contributed by atoms with Gasteiger partial charge in [0.15, 0.2) is 0 Å². The zero-order chi connectivity index (χ0) is 12.6. The standard InChI is InChI=1S/C15H28N2O/c1-3-18-14-11-13(15(14)7-4-8-15)16-12-5-9-17(2)10-6-12/h12-14,16H,3-11H2,1-2H3/t13-,14-/m1/s1. The summed E-state index contributed by atoms with van der Waals surface area (Å²) in [5, 5.41) is 3.95. The molecule has 2 aliphatic carbocycles. The number of ether oxygens (including phenoxy) is 1. The van der Waals surface area contributed by atoms with Gasteiger partial charge in [0.1, 0.15) is 0 Å². The summed E-state index contributed by atoms with van der Waals surface area (Å²) in [6.45, 7) is 5.52. The van der Waals surface area contributed by atoms with Crippen LogP contribution in [0.4, 0.5) is 0 Å².